The summed E-state index contributed by atoms with van der Waals surface area (Å²) in [6.07, 6.45) is 3.89. The second-order valence-electron chi connectivity index (χ2n) is 8.08. The number of carbonyl (C=O) groups excluding carboxylic acids is 1. The van der Waals surface area contributed by atoms with E-state index >= 15 is 0 Å². The highest BCUT2D eigenvalue weighted by Gasteiger charge is 2.30. The van der Waals surface area contributed by atoms with Crippen molar-refractivity contribution in [1.29, 1.82) is 5.26 Å². The maximum Gasteiger partial charge on any atom is 0.266 e. The average molecular weight is 416 g/mol. The summed E-state index contributed by atoms with van der Waals surface area (Å²) in [6.45, 7) is 12.0. The maximum atomic E-state index is 12.6. The van der Waals surface area contributed by atoms with Crippen LogP contribution in [0.2, 0.25) is 0 Å². The minimum absolute atomic E-state index is 0.0546. The molecule has 0 saturated heterocycles. The second kappa shape index (κ2) is 9.09. The van der Waals surface area contributed by atoms with Crippen LogP contribution in [0.5, 0.6) is 5.75 Å². The van der Waals surface area contributed by atoms with Gasteiger partial charge in [-0.15, -0.1) is 0 Å². The second-order valence-corrected chi connectivity index (χ2v) is 8.08. The highest BCUT2D eigenvalue weighted by molar-refractivity contribution is 6.09. The Morgan fingerprint density at radius 3 is 2.52 bits per heavy atom. The molecule has 2 aromatic carbocycles. The van der Waals surface area contributed by atoms with Gasteiger partial charge in [0.2, 0.25) is 0 Å². The number of allylic oxidation sites excluding steroid dienone is 1. The average Bonchev–Trinajstić information content (AvgIpc) is 2.73. The summed E-state index contributed by atoms with van der Waals surface area (Å²) in [5.41, 5.74) is 4.91. The van der Waals surface area contributed by atoms with Gasteiger partial charge in [0.05, 0.1) is 12.1 Å². The van der Waals surface area contributed by atoms with E-state index in [1.54, 1.807) is 30.3 Å². The summed E-state index contributed by atoms with van der Waals surface area (Å²) >= 11 is 0. The first kappa shape index (κ1) is 22.2. The first-order chi connectivity index (χ1) is 14.8. The predicted molar refractivity (Wildman–Crippen MR) is 127 cm³/mol. The van der Waals surface area contributed by atoms with Crippen LogP contribution < -0.4 is 15.0 Å². The van der Waals surface area contributed by atoms with E-state index in [9.17, 15) is 10.1 Å². The molecule has 0 unspecified atom stereocenters. The largest absolute Gasteiger partial charge is 0.494 e. The van der Waals surface area contributed by atoms with Gasteiger partial charge in [-0.2, -0.15) is 5.26 Å². The van der Waals surface area contributed by atoms with Crippen molar-refractivity contribution in [2.24, 2.45) is 0 Å². The number of amides is 1. The summed E-state index contributed by atoms with van der Waals surface area (Å²) in [5.74, 6) is 0.297. The number of nitriles is 1. The van der Waals surface area contributed by atoms with E-state index in [2.05, 4.69) is 50.1 Å². The molecule has 1 amide bonds. The lowest BCUT2D eigenvalue weighted by Crippen LogP contribution is -2.44. The smallest absolute Gasteiger partial charge is 0.266 e. The number of hydrogen-bond donors (Lipinski definition) is 1. The van der Waals surface area contributed by atoms with E-state index in [4.69, 9.17) is 4.74 Å². The van der Waals surface area contributed by atoms with E-state index in [0.717, 1.165) is 23.4 Å². The molecule has 5 heteroatoms. The molecule has 160 valence electrons. The SMILES string of the molecule is CCOc1ccc(NC(=O)/C(C#N)=C\c2ccc3c(c2)C(C)=CC(C)(C)N3CC)cc1. The fourth-order valence-corrected chi connectivity index (χ4v) is 4.08. The van der Waals surface area contributed by atoms with Gasteiger partial charge in [-0.3, -0.25) is 4.79 Å². The fraction of sp³-hybridized carbons (Fsp3) is 0.308. The number of fused-ring (bicyclic) bond motifs is 1. The van der Waals surface area contributed by atoms with E-state index in [-0.39, 0.29) is 11.1 Å². The summed E-state index contributed by atoms with van der Waals surface area (Å²) in [5, 5.41) is 12.3. The van der Waals surface area contributed by atoms with Gasteiger partial charge in [0.25, 0.3) is 5.91 Å². The predicted octanol–water partition coefficient (Wildman–Crippen LogP) is 5.65. The van der Waals surface area contributed by atoms with Crippen molar-refractivity contribution < 1.29 is 9.53 Å². The molecule has 5 nitrogen and oxygen atoms in total. The Morgan fingerprint density at radius 2 is 1.90 bits per heavy atom. The van der Waals surface area contributed by atoms with E-state index < -0.39 is 5.91 Å². The molecule has 0 radical (unpaired) electrons. The van der Waals surface area contributed by atoms with Crippen molar-refractivity contribution in [2.45, 2.75) is 40.2 Å². The third-order valence-electron chi connectivity index (χ3n) is 5.42. The Hall–Kier alpha value is -3.52. The zero-order chi connectivity index (χ0) is 22.6. The van der Waals surface area contributed by atoms with Gasteiger partial charge in [0.1, 0.15) is 17.4 Å². The lowest BCUT2D eigenvalue weighted by atomic mass is 9.88. The number of benzene rings is 2. The third kappa shape index (κ3) is 4.80. The van der Waals surface area contributed by atoms with Crippen LogP contribution >= 0.6 is 0 Å². The van der Waals surface area contributed by atoms with E-state index in [1.807, 2.05) is 25.1 Å². The third-order valence-corrected chi connectivity index (χ3v) is 5.42. The quantitative estimate of drug-likeness (QED) is 0.489. The van der Waals surface area contributed by atoms with Crippen LogP contribution in [0.1, 0.15) is 45.7 Å². The summed E-state index contributed by atoms with van der Waals surface area (Å²) < 4.78 is 5.41. The van der Waals surface area contributed by atoms with Gasteiger partial charge in [-0.25, -0.2) is 0 Å². The normalized spacial score (nSPS) is 14.9. The first-order valence-corrected chi connectivity index (χ1v) is 10.6. The molecule has 1 aliphatic rings. The topological polar surface area (TPSA) is 65.4 Å². The van der Waals surface area contributed by atoms with Crippen LogP contribution in [0.4, 0.5) is 11.4 Å². The Labute approximate surface area is 184 Å². The van der Waals surface area contributed by atoms with Crippen molar-refractivity contribution in [1.82, 2.24) is 0 Å². The van der Waals surface area contributed by atoms with Crippen molar-refractivity contribution in [3.63, 3.8) is 0 Å². The lowest BCUT2D eigenvalue weighted by molar-refractivity contribution is -0.112. The van der Waals surface area contributed by atoms with Gasteiger partial charge < -0.3 is 15.0 Å². The molecule has 0 aromatic heterocycles. The number of rotatable bonds is 6. The van der Waals surface area contributed by atoms with Crippen LogP contribution in [0.15, 0.2) is 54.1 Å². The maximum absolute atomic E-state index is 12.6. The standard InChI is InChI=1S/C26H29N3O2/c1-6-29-24-13-8-19(15-23(24)18(3)16-26(29,4)5)14-20(17-27)25(30)28-21-9-11-22(12-10-21)31-7-2/h8-16H,6-7H2,1-5H3,(H,28,30)/b20-14-. The molecule has 0 aliphatic carbocycles. The van der Waals surface area contributed by atoms with Crippen LogP contribution in [-0.2, 0) is 4.79 Å². The number of nitrogens with one attached hydrogen (secondary N) is 1. The molecular formula is C26H29N3O2. The number of hydrogen-bond acceptors (Lipinski definition) is 4. The first-order valence-electron chi connectivity index (χ1n) is 10.6. The molecule has 0 bridgehead atoms. The van der Waals surface area contributed by atoms with Gasteiger partial charge in [-0.05, 0) is 88.2 Å². The molecule has 0 atom stereocenters. The van der Waals surface area contributed by atoms with Gasteiger partial charge in [0, 0.05) is 23.5 Å². The molecule has 0 spiro atoms. The van der Waals surface area contributed by atoms with E-state index in [0.29, 0.717) is 12.3 Å². The van der Waals surface area contributed by atoms with E-state index in [1.165, 1.54) is 11.3 Å². The minimum Gasteiger partial charge on any atom is -0.494 e. The van der Waals surface area contributed by atoms with Crippen molar-refractivity contribution in [3.8, 4) is 11.8 Å². The number of ether oxygens (including phenoxy) is 1. The molecule has 2 aromatic rings. The zero-order valence-electron chi connectivity index (χ0n) is 18.8. The Morgan fingerprint density at radius 1 is 1.19 bits per heavy atom. The lowest BCUT2D eigenvalue weighted by Gasteiger charge is -2.42. The highest BCUT2D eigenvalue weighted by Crippen LogP contribution is 2.39. The number of carbonyl (C=O) groups is 1. The Bertz CT molecular complexity index is 1070. The molecule has 0 saturated carbocycles. The van der Waals surface area contributed by atoms with Crippen LogP contribution in [0.3, 0.4) is 0 Å². The molecule has 0 fully saturated rings. The molecule has 1 heterocycles. The summed E-state index contributed by atoms with van der Waals surface area (Å²) in [6, 6.07) is 15.2. The van der Waals surface area contributed by atoms with Gasteiger partial charge >= 0.3 is 0 Å². The summed E-state index contributed by atoms with van der Waals surface area (Å²) in [4.78, 5) is 15.0. The monoisotopic (exact) mass is 415 g/mol. The Kier molecular flexibility index (Phi) is 6.50. The Balaban J connectivity index is 1.85. The van der Waals surface area contributed by atoms with Crippen molar-refractivity contribution >= 4 is 28.9 Å². The van der Waals surface area contributed by atoms with Gasteiger partial charge in [0.15, 0.2) is 0 Å². The van der Waals surface area contributed by atoms with Crippen molar-refractivity contribution in [3.05, 3.63) is 65.2 Å². The van der Waals surface area contributed by atoms with Crippen LogP contribution in [0.25, 0.3) is 11.6 Å². The highest BCUT2D eigenvalue weighted by atomic mass is 16.5. The minimum atomic E-state index is -0.437. The van der Waals surface area contributed by atoms with Crippen LogP contribution in [-0.4, -0.2) is 24.6 Å². The molecule has 3 rings (SSSR count). The number of anilines is 2. The van der Waals surface area contributed by atoms with Gasteiger partial charge in [-0.1, -0.05) is 12.1 Å². The molecular weight excluding hydrogens is 386 g/mol. The zero-order valence-corrected chi connectivity index (χ0v) is 18.8. The summed E-state index contributed by atoms with van der Waals surface area (Å²) in [7, 11) is 0. The molecule has 1 aliphatic heterocycles. The van der Waals surface area contributed by atoms with Crippen LogP contribution in [0, 0.1) is 11.3 Å². The molecule has 1 N–H and O–H groups in total. The number of likely N-dealkylation sites (N-methyl/N-ethyl adjacent to an activating group) is 1. The number of nitrogens with zero attached hydrogens (tertiary/aromatic N) is 2. The van der Waals surface area contributed by atoms with Crippen molar-refractivity contribution in [2.75, 3.05) is 23.4 Å². The fourth-order valence-electron chi connectivity index (χ4n) is 4.08. The molecule has 31 heavy (non-hydrogen) atoms.